The molecule has 1 aliphatic rings. The number of aliphatic hydroxyl groups is 1. The molecule has 0 heterocycles. The molecule has 1 aromatic rings. The highest BCUT2D eigenvalue weighted by molar-refractivity contribution is 5.76. The van der Waals surface area contributed by atoms with Gasteiger partial charge in [-0.05, 0) is 25.0 Å². The van der Waals surface area contributed by atoms with Gasteiger partial charge >= 0.3 is 5.97 Å². The Kier molecular flexibility index (Phi) is 2.79. The first kappa shape index (κ1) is 11.9. The van der Waals surface area contributed by atoms with Crippen LogP contribution in [0.4, 0.5) is 4.39 Å². The van der Waals surface area contributed by atoms with Crippen LogP contribution in [0.5, 0.6) is 5.75 Å². The normalized spacial score (nSPS) is 18.5. The second-order valence-electron chi connectivity index (χ2n) is 4.21. The van der Waals surface area contributed by atoms with Crippen LogP contribution in [0.1, 0.15) is 18.4 Å². The zero-order valence-electron chi connectivity index (χ0n) is 9.31. The molecule has 0 saturated heterocycles. The third kappa shape index (κ3) is 1.76. The second-order valence-corrected chi connectivity index (χ2v) is 4.21. The molecular weight excluding hydrogens is 227 g/mol. The number of carboxylic acid groups (broad SMARTS) is 1. The van der Waals surface area contributed by atoms with Crippen molar-refractivity contribution in [3.63, 3.8) is 0 Å². The van der Waals surface area contributed by atoms with E-state index in [0.29, 0.717) is 12.8 Å². The first-order valence-electron chi connectivity index (χ1n) is 5.27. The molecule has 2 rings (SSSR count). The van der Waals surface area contributed by atoms with E-state index in [2.05, 4.69) is 0 Å². The summed E-state index contributed by atoms with van der Waals surface area (Å²) in [6.45, 7) is 0. The van der Waals surface area contributed by atoms with Gasteiger partial charge in [0.05, 0.1) is 7.11 Å². The van der Waals surface area contributed by atoms with Crippen LogP contribution in [0.2, 0.25) is 0 Å². The third-order valence-corrected chi connectivity index (χ3v) is 3.24. The highest BCUT2D eigenvalue weighted by Gasteiger charge is 2.56. The summed E-state index contributed by atoms with van der Waals surface area (Å²) < 4.78 is 18.9. The molecule has 1 aliphatic carbocycles. The minimum absolute atomic E-state index is 0.164. The molecule has 1 saturated carbocycles. The minimum Gasteiger partial charge on any atom is -0.496 e. The molecule has 92 valence electrons. The summed E-state index contributed by atoms with van der Waals surface area (Å²) in [6, 6.07) is 4.29. The van der Waals surface area contributed by atoms with Gasteiger partial charge in [-0.2, -0.15) is 0 Å². The van der Waals surface area contributed by atoms with Gasteiger partial charge in [-0.1, -0.05) is 6.07 Å². The molecule has 4 nitrogen and oxygen atoms in total. The zero-order valence-corrected chi connectivity index (χ0v) is 9.31. The number of aliphatic carboxylic acids is 1. The average Bonchev–Trinajstić information content (AvgIpc) is 3.08. The summed E-state index contributed by atoms with van der Waals surface area (Å²) >= 11 is 0. The predicted molar refractivity (Wildman–Crippen MR) is 57.5 cm³/mol. The van der Waals surface area contributed by atoms with Crippen molar-refractivity contribution in [2.75, 3.05) is 7.11 Å². The number of ether oxygens (including phenoxy) is 1. The molecule has 0 aliphatic heterocycles. The van der Waals surface area contributed by atoms with E-state index in [0.717, 1.165) is 0 Å². The average molecular weight is 240 g/mol. The SMILES string of the molecule is COc1cccc(F)c1C1(C(O)C(=O)O)CC1. The van der Waals surface area contributed by atoms with Crippen LogP contribution < -0.4 is 4.74 Å². The van der Waals surface area contributed by atoms with Crippen molar-refractivity contribution in [1.29, 1.82) is 0 Å². The minimum atomic E-state index is -1.60. The summed E-state index contributed by atoms with van der Waals surface area (Å²) in [6.07, 6.45) is -0.719. The van der Waals surface area contributed by atoms with E-state index in [4.69, 9.17) is 9.84 Å². The molecule has 1 unspecified atom stereocenters. The fourth-order valence-electron chi connectivity index (χ4n) is 2.19. The standard InChI is InChI=1S/C12H13FO4/c1-17-8-4-2-3-7(13)9(8)12(5-6-12)10(14)11(15)16/h2-4,10,14H,5-6H2,1H3,(H,15,16). The second kappa shape index (κ2) is 4.00. The quantitative estimate of drug-likeness (QED) is 0.832. The van der Waals surface area contributed by atoms with E-state index in [-0.39, 0.29) is 11.3 Å². The van der Waals surface area contributed by atoms with E-state index >= 15 is 0 Å². The van der Waals surface area contributed by atoms with Crippen LogP contribution in [0.15, 0.2) is 18.2 Å². The van der Waals surface area contributed by atoms with Crippen molar-refractivity contribution < 1.29 is 24.1 Å². The van der Waals surface area contributed by atoms with Gasteiger partial charge in [-0.3, -0.25) is 0 Å². The monoisotopic (exact) mass is 240 g/mol. The molecule has 0 bridgehead atoms. The molecule has 0 radical (unpaired) electrons. The van der Waals surface area contributed by atoms with Crippen molar-refractivity contribution >= 4 is 5.97 Å². The van der Waals surface area contributed by atoms with E-state index < -0.39 is 23.3 Å². The topological polar surface area (TPSA) is 66.8 Å². The van der Waals surface area contributed by atoms with E-state index in [9.17, 15) is 14.3 Å². The lowest BCUT2D eigenvalue weighted by Crippen LogP contribution is -2.34. The highest BCUT2D eigenvalue weighted by Crippen LogP contribution is 2.54. The van der Waals surface area contributed by atoms with Crippen LogP contribution in [-0.4, -0.2) is 29.4 Å². The van der Waals surface area contributed by atoms with E-state index in [1.165, 1.54) is 19.2 Å². The maximum absolute atomic E-state index is 13.8. The fraction of sp³-hybridized carbons (Fsp3) is 0.417. The Morgan fingerprint density at radius 1 is 1.53 bits per heavy atom. The first-order valence-corrected chi connectivity index (χ1v) is 5.27. The van der Waals surface area contributed by atoms with Crippen LogP contribution in [0, 0.1) is 5.82 Å². The van der Waals surface area contributed by atoms with Gasteiger partial charge in [-0.15, -0.1) is 0 Å². The van der Waals surface area contributed by atoms with Crippen LogP contribution in [0.3, 0.4) is 0 Å². The van der Waals surface area contributed by atoms with Crippen molar-refractivity contribution in [3.05, 3.63) is 29.6 Å². The Morgan fingerprint density at radius 2 is 2.18 bits per heavy atom. The molecule has 1 atom stereocenters. The van der Waals surface area contributed by atoms with Crippen molar-refractivity contribution in [3.8, 4) is 5.75 Å². The lowest BCUT2D eigenvalue weighted by Gasteiger charge is -2.22. The molecular formula is C12H13FO4. The van der Waals surface area contributed by atoms with Gasteiger partial charge < -0.3 is 14.9 Å². The molecule has 0 aromatic heterocycles. The lowest BCUT2D eigenvalue weighted by molar-refractivity contribution is -0.148. The summed E-state index contributed by atoms with van der Waals surface area (Å²) in [7, 11) is 1.39. The summed E-state index contributed by atoms with van der Waals surface area (Å²) in [4.78, 5) is 10.9. The van der Waals surface area contributed by atoms with Gasteiger partial charge in [-0.25, -0.2) is 9.18 Å². The van der Waals surface area contributed by atoms with Gasteiger partial charge in [0.1, 0.15) is 11.6 Å². The molecule has 0 amide bonds. The number of carboxylic acids is 1. The zero-order chi connectivity index (χ0) is 12.6. The number of methoxy groups -OCH3 is 1. The van der Waals surface area contributed by atoms with Gasteiger partial charge in [0, 0.05) is 11.0 Å². The third-order valence-electron chi connectivity index (χ3n) is 3.24. The Balaban J connectivity index is 2.50. The number of benzene rings is 1. The molecule has 0 spiro atoms. The number of carbonyl (C=O) groups is 1. The molecule has 2 N–H and O–H groups in total. The summed E-state index contributed by atoms with van der Waals surface area (Å²) in [5, 5.41) is 18.6. The predicted octanol–water partition coefficient (Wildman–Crippen LogP) is 1.31. The van der Waals surface area contributed by atoms with Crippen LogP contribution in [-0.2, 0) is 10.2 Å². The number of aliphatic hydroxyl groups excluding tert-OH is 1. The Bertz CT molecular complexity index is 454. The maximum atomic E-state index is 13.8. The van der Waals surface area contributed by atoms with E-state index in [1.807, 2.05) is 0 Å². The number of hydrogen-bond donors (Lipinski definition) is 2. The van der Waals surface area contributed by atoms with Crippen molar-refractivity contribution in [1.82, 2.24) is 0 Å². The van der Waals surface area contributed by atoms with Crippen LogP contribution >= 0.6 is 0 Å². The number of hydrogen-bond acceptors (Lipinski definition) is 3. The molecule has 1 aromatic carbocycles. The summed E-state index contributed by atoms with van der Waals surface area (Å²) in [5.41, 5.74) is -0.875. The Hall–Kier alpha value is -1.62. The maximum Gasteiger partial charge on any atom is 0.333 e. The fourth-order valence-corrected chi connectivity index (χ4v) is 2.19. The molecule has 5 heteroatoms. The van der Waals surface area contributed by atoms with E-state index in [1.54, 1.807) is 6.07 Å². The first-order chi connectivity index (χ1) is 8.03. The van der Waals surface area contributed by atoms with Crippen LogP contribution in [0.25, 0.3) is 0 Å². The lowest BCUT2D eigenvalue weighted by atomic mass is 9.88. The smallest absolute Gasteiger partial charge is 0.333 e. The Labute approximate surface area is 97.6 Å². The highest BCUT2D eigenvalue weighted by atomic mass is 19.1. The van der Waals surface area contributed by atoms with Crippen molar-refractivity contribution in [2.24, 2.45) is 0 Å². The molecule has 17 heavy (non-hydrogen) atoms. The number of halogens is 1. The van der Waals surface area contributed by atoms with Gasteiger partial charge in [0.15, 0.2) is 6.10 Å². The van der Waals surface area contributed by atoms with Crippen molar-refractivity contribution in [2.45, 2.75) is 24.4 Å². The van der Waals surface area contributed by atoms with Gasteiger partial charge in [0.25, 0.3) is 0 Å². The van der Waals surface area contributed by atoms with Gasteiger partial charge in [0.2, 0.25) is 0 Å². The number of rotatable bonds is 4. The summed E-state index contributed by atoms with van der Waals surface area (Å²) in [5.74, 6) is -1.60. The largest absolute Gasteiger partial charge is 0.496 e. The molecule has 1 fully saturated rings. The Morgan fingerprint density at radius 3 is 2.65 bits per heavy atom.